The van der Waals surface area contributed by atoms with Crippen LogP contribution in [-0.2, 0) is 0 Å². The number of halogens is 1. The molecule has 1 aromatic heterocycles. The maximum absolute atomic E-state index is 12.9. The molecule has 4 nitrogen and oxygen atoms in total. The van der Waals surface area contributed by atoms with Gasteiger partial charge in [-0.15, -0.1) is 0 Å². The maximum Gasteiger partial charge on any atom is 0.213 e. The third kappa shape index (κ3) is 3.96. The molecule has 0 unspecified atom stereocenters. The molecule has 0 spiro atoms. The number of benzene rings is 1. The molecule has 1 aliphatic heterocycles. The molecular weight excluding hydrogens is 351 g/mol. The molecule has 6 heteroatoms. The molecule has 4 rings (SSSR count). The van der Waals surface area contributed by atoms with Crippen LogP contribution in [0.15, 0.2) is 42.6 Å². The lowest BCUT2D eigenvalue weighted by molar-refractivity contribution is 0.185. The number of phenolic OH excluding ortho intramolecular Hbond substituents is 1. The first-order valence-corrected chi connectivity index (χ1v) is 9.56. The van der Waals surface area contributed by atoms with Crippen LogP contribution >= 0.6 is 12.6 Å². The Morgan fingerprint density at radius 3 is 2.46 bits per heavy atom. The molecule has 138 valence electrons. The van der Waals surface area contributed by atoms with Crippen molar-refractivity contribution in [1.29, 1.82) is 0 Å². The van der Waals surface area contributed by atoms with Crippen LogP contribution in [0.25, 0.3) is 0 Å². The summed E-state index contributed by atoms with van der Waals surface area (Å²) in [6, 6.07) is 10.3. The Morgan fingerprint density at radius 1 is 1.15 bits per heavy atom. The number of fused-ring (bicyclic) bond motifs is 1. The lowest BCUT2D eigenvalue weighted by atomic mass is 10.0. The molecule has 2 aromatic rings. The Balaban J connectivity index is 1.28. The number of aromatic nitrogens is 1. The fraction of sp³-hybridized carbons (Fsp3) is 0.450. The largest absolute Gasteiger partial charge is 0.508 e. The average Bonchev–Trinajstić information content (AvgIpc) is 3.15. The summed E-state index contributed by atoms with van der Waals surface area (Å²) in [7, 11) is 0. The predicted octanol–water partition coefficient (Wildman–Crippen LogP) is 3.69. The van der Waals surface area contributed by atoms with Gasteiger partial charge in [0.15, 0.2) is 0 Å². The van der Waals surface area contributed by atoms with Crippen LogP contribution in [0.2, 0.25) is 0 Å². The minimum atomic E-state index is -0.480. The van der Waals surface area contributed by atoms with Crippen molar-refractivity contribution in [3.05, 3.63) is 54.1 Å². The summed E-state index contributed by atoms with van der Waals surface area (Å²) in [6.07, 6.45) is 3.73. The zero-order chi connectivity index (χ0) is 18.1. The molecule has 0 amide bonds. The Bertz CT molecular complexity index is 726. The minimum absolute atomic E-state index is 0.145. The van der Waals surface area contributed by atoms with Crippen LogP contribution in [0.3, 0.4) is 0 Å². The van der Waals surface area contributed by atoms with Gasteiger partial charge in [0.2, 0.25) is 5.95 Å². The summed E-state index contributed by atoms with van der Waals surface area (Å²) in [6.45, 7) is 3.05. The number of aromatic hydroxyl groups is 1. The Kier molecular flexibility index (Phi) is 5.05. The zero-order valence-electron chi connectivity index (χ0n) is 14.5. The number of hydrogen-bond acceptors (Lipinski definition) is 5. The van der Waals surface area contributed by atoms with E-state index in [-0.39, 0.29) is 17.1 Å². The second-order valence-electron chi connectivity index (χ2n) is 7.37. The van der Waals surface area contributed by atoms with Gasteiger partial charge in [0.1, 0.15) is 11.5 Å². The van der Waals surface area contributed by atoms with Crippen LogP contribution in [0, 0.1) is 17.8 Å². The summed E-state index contributed by atoms with van der Waals surface area (Å²) in [4.78, 5) is 6.13. The Morgan fingerprint density at radius 2 is 1.85 bits per heavy atom. The smallest absolute Gasteiger partial charge is 0.213 e. The van der Waals surface area contributed by atoms with Gasteiger partial charge in [-0.2, -0.15) is 17.0 Å². The van der Waals surface area contributed by atoms with Crippen molar-refractivity contribution >= 4 is 12.6 Å². The molecular formula is C20H23FN2O2S. The molecule has 0 bridgehead atoms. The van der Waals surface area contributed by atoms with Gasteiger partial charge in [-0.3, -0.25) is 0 Å². The highest BCUT2D eigenvalue weighted by Gasteiger charge is 2.42. The van der Waals surface area contributed by atoms with Gasteiger partial charge >= 0.3 is 0 Å². The predicted molar refractivity (Wildman–Crippen MR) is 101 cm³/mol. The fourth-order valence-corrected chi connectivity index (χ4v) is 4.66. The zero-order valence-corrected chi connectivity index (χ0v) is 15.4. The molecule has 4 atom stereocenters. The molecule has 26 heavy (non-hydrogen) atoms. The number of rotatable bonds is 5. The first-order valence-electron chi connectivity index (χ1n) is 9.04. The van der Waals surface area contributed by atoms with Gasteiger partial charge in [-0.05, 0) is 54.5 Å². The highest BCUT2D eigenvalue weighted by molar-refractivity contribution is 7.80. The third-order valence-corrected chi connectivity index (χ3v) is 5.96. The molecule has 2 heterocycles. The number of thiol groups is 1. The number of ether oxygens (including phenoxy) is 1. The van der Waals surface area contributed by atoms with Crippen LogP contribution < -0.4 is 4.74 Å². The van der Waals surface area contributed by atoms with E-state index >= 15 is 0 Å². The minimum Gasteiger partial charge on any atom is -0.508 e. The quantitative estimate of drug-likeness (QED) is 0.619. The second kappa shape index (κ2) is 7.45. The van der Waals surface area contributed by atoms with Crippen LogP contribution in [0.4, 0.5) is 4.39 Å². The van der Waals surface area contributed by atoms with Crippen LogP contribution in [0.5, 0.6) is 11.5 Å². The van der Waals surface area contributed by atoms with Crippen molar-refractivity contribution in [2.75, 3.05) is 19.6 Å². The molecule has 1 N–H and O–H groups in total. The molecule has 1 saturated carbocycles. The van der Waals surface area contributed by atoms with E-state index in [1.165, 1.54) is 12.3 Å². The topological polar surface area (TPSA) is 45.6 Å². The molecule has 0 radical (unpaired) electrons. The fourth-order valence-electron chi connectivity index (χ4n) is 4.26. The van der Waals surface area contributed by atoms with Gasteiger partial charge < -0.3 is 14.7 Å². The second-order valence-corrected chi connectivity index (χ2v) is 8.00. The van der Waals surface area contributed by atoms with E-state index in [0.717, 1.165) is 38.0 Å². The van der Waals surface area contributed by atoms with Crippen molar-refractivity contribution in [2.45, 2.75) is 24.2 Å². The van der Waals surface area contributed by atoms with Crippen molar-refractivity contribution in [2.24, 2.45) is 11.8 Å². The number of likely N-dealkylation sites (tertiary alicyclic amines) is 1. The lowest BCUT2D eigenvalue weighted by Gasteiger charge is -2.23. The SMILES string of the molecule is Oc1ccc([C@@H](S)CN2C[C@H]3C[C@H](Oc4ccc(F)nc4)C[C@H]3C2)cc1. The normalized spacial score (nSPS) is 26.6. The van der Waals surface area contributed by atoms with Crippen LogP contribution in [0.1, 0.15) is 23.7 Å². The highest BCUT2D eigenvalue weighted by atomic mass is 32.1. The summed E-state index contributed by atoms with van der Waals surface area (Å²) in [5.74, 6) is 1.75. The van der Waals surface area contributed by atoms with E-state index in [4.69, 9.17) is 17.4 Å². The Labute approximate surface area is 158 Å². The molecule has 2 aliphatic rings. The van der Waals surface area contributed by atoms with Gasteiger partial charge in [-0.25, -0.2) is 4.98 Å². The van der Waals surface area contributed by atoms with E-state index < -0.39 is 5.95 Å². The summed E-state index contributed by atoms with van der Waals surface area (Å²) < 4.78 is 18.9. The van der Waals surface area contributed by atoms with Crippen molar-refractivity contribution in [3.63, 3.8) is 0 Å². The number of phenols is 1. The maximum atomic E-state index is 12.9. The first kappa shape index (κ1) is 17.6. The number of hydrogen-bond donors (Lipinski definition) is 2. The summed E-state index contributed by atoms with van der Waals surface area (Å²) in [5.41, 5.74) is 1.13. The van der Waals surface area contributed by atoms with E-state index in [0.29, 0.717) is 17.6 Å². The highest BCUT2D eigenvalue weighted by Crippen LogP contribution is 2.40. The van der Waals surface area contributed by atoms with Gasteiger partial charge in [0, 0.05) is 24.9 Å². The number of pyridine rings is 1. The molecule has 2 fully saturated rings. The van der Waals surface area contributed by atoms with E-state index in [1.54, 1.807) is 18.2 Å². The Hall–Kier alpha value is -1.79. The van der Waals surface area contributed by atoms with Crippen LogP contribution in [-0.4, -0.2) is 40.7 Å². The van der Waals surface area contributed by atoms with E-state index in [9.17, 15) is 9.50 Å². The van der Waals surface area contributed by atoms with Crippen molar-refractivity contribution in [1.82, 2.24) is 9.88 Å². The van der Waals surface area contributed by atoms with Crippen molar-refractivity contribution < 1.29 is 14.2 Å². The standard InChI is InChI=1S/C20H23FN2O2S/c21-20-6-5-17(9-22-20)25-18-7-14-10-23(11-15(14)8-18)12-19(26)13-1-3-16(24)4-2-13/h1-6,9,14-15,18-19,24,26H,7-8,10-12H2/t14-,15+,18+,19-/m0/s1. The van der Waals surface area contributed by atoms with E-state index in [2.05, 4.69) is 9.88 Å². The molecule has 1 saturated heterocycles. The average molecular weight is 374 g/mol. The van der Waals surface area contributed by atoms with Crippen molar-refractivity contribution in [3.8, 4) is 11.5 Å². The third-order valence-electron chi connectivity index (χ3n) is 5.50. The summed E-state index contributed by atoms with van der Waals surface area (Å²) in [5, 5.41) is 9.55. The number of nitrogens with zero attached hydrogens (tertiary/aromatic N) is 2. The monoisotopic (exact) mass is 374 g/mol. The van der Waals surface area contributed by atoms with Gasteiger partial charge in [0.05, 0.1) is 12.3 Å². The van der Waals surface area contributed by atoms with E-state index in [1.807, 2.05) is 12.1 Å². The first-order chi connectivity index (χ1) is 12.6. The molecule has 1 aromatic carbocycles. The van der Waals surface area contributed by atoms with Gasteiger partial charge in [0.25, 0.3) is 0 Å². The molecule has 1 aliphatic carbocycles. The van der Waals surface area contributed by atoms with Gasteiger partial charge in [-0.1, -0.05) is 12.1 Å². The summed E-state index contributed by atoms with van der Waals surface area (Å²) >= 11 is 4.74. The lowest BCUT2D eigenvalue weighted by Crippen LogP contribution is -2.27.